The molecule has 0 saturated carbocycles. The van der Waals surface area contributed by atoms with E-state index in [2.05, 4.69) is 93.3 Å². The second-order valence-corrected chi connectivity index (χ2v) is 7.22. The first-order valence-corrected chi connectivity index (χ1v) is 9.41. The van der Waals surface area contributed by atoms with E-state index in [4.69, 9.17) is 0 Å². The van der Waals surface area contributed by atoms with Crippen LogP contribution >= 0.6 is 0 Å². The van der Waals surface area contributed by atoms with Crippen molar-refractivity contribution in [1.29, 1.82) is 0 Å². The summed E-state index contributed by atoms with van der Waals surface area (Å²) in [5, 5.41) is 0. The lowest BCUT2D eigenvalue weighted by molar-refractivity contribution is 0.615. The molecule has 1 aliphatic rings. The van der Waals surface area contributed by atoms with Gasteiger partial charge in [0.15, 0.2) is 0 Å². The number of benzene rings is 2. The highest BCUT2D eigenvalue weighted by atomic mass is 15.1. The van der Waals surface area contributed by atoms with Crippen LogP contribution < -0.4 is 4.90 Å². The maximum absolute atomic E-state index is 2.41. The third-order valence-corrected chi connectivity index (χ3v) is 5.28. The van der Waals surface area contributed by atoms with Crippen LogP contribution in [-0.2, 0) is 0 Å². The van der Waals surface area contributed by atoms with E-state index in [1.165, 1.54) is 34.6 Å². The summed E-state index contributed by atoms with van der Waals surface area (Å²) in [6, 6.07) is 17.7. The molecule has 1 heteroatoms. The summed E-state index contributed by atoms with van der Waals surface area (Å²) < 4.78 is 0. The number of rotatable bonds is 5. The summed E-state index contributed by atoms with van der Waals surface area (Å²) in [5.74, 6) is 0.685. The molecule has 1 atom stereocenters. The highest BCUT2D eigenvalue weighted by molar-refractivity contribution is 5.69. The van der Waals surface area contributed by atoms with Gasteiger partial charge in [0.2, 0.25) is 0 Å². The van der Waals surface area contributed by atoms with Gasteiger partial charge in [0, 0.05) is 17.1 Å². The summed E-state index contributed by atoms with van der Waals surface area (Å²) in [4.78, 5) is 2.41. The minimum Gasteiger partial charge on any atom is -0.314 e. The van der Waals surface area contributed by atoms with Gasteiger partial charge >= 0.3 is 0 Å². The Hall–Kier alpha value is -2.28. The number of nitrogens with zero attached hydrogens (tertiary/aromatic N) is 1. The lowest BCUT2D eigenvalue weighted by Crippen LogP contribution is -2.18. The monoisotopic (exact) mass is 331 g/mol. The van der Waals surface area contributed by atoms with Crippen molar-refractivity contribution in [3.63, 3.8) is 0 Å². The standard InChI is InChI=1S/C24H29N/c1-5-20(4)21-10-16-24(17-11-21)25(22-12-6-18(2)7-13-22)23-14-8-19(3)9-15-23/h6-10,12-16,20H,5,11,17H2,1-4H3. The third-order valence-electron chi connectivity index (χ3n) is 5.28. The fraction of sp³-hybridized carbons (Fsp3) is 0.333. The SMILES string of the molecule is CCC(C)C1=CC=C(N(c2ccc(C)cc2)c2ccc(C)cc2)CC1. The van der Waals surface area contributed by atoms with Crippen LogP contribution in [0.25, 0.3) is 0 Å². The summed E-state index contributed by atoms with van der Waals surface area (Å²) in [6.45, 7) is 8.89. The third kappa shape index (κ3) is 4.04. The van der Waals surface area contributed by atoms with Gasteiger partial charge in [-0.25, -0.2) is 0 Å². The molecular formula is C24H29N. The Balaban J connectivity index is 2.00. The minimum atomic E-state index is 0.685. The van der Waals surface area contributed by atoms with Crippen LogP contribution in [-0.4, -0.2) is 0 Å². The Morgan fingerprint density at radius 2 is 1.32 bits per heavy atom. The Kier molecular flexibility index (Phi) is 5.43. The van der Waals surface area contributed by atoms with Gasteiger partial charge in [-0.2, -0.15) is 0 Å². The molecule has 0 radical (unpaired) electrons. The maximum Gasteiger partial charge on any atom is 0.0458 e. The highest BCUT2D eigenvalue weighted by Gasteiger charge is 2.18. The molecule has 0 bridgehead atoms. The van der Waals surface area contributed by atoms with Gasteiger partial charge in [-0.1, -0.05) is 60.9 Å². The Morgan fingerprint density at radius 1 is 0.800 bits per heavy atom. The van der Waals surface area contributed by atoms with E-state index in [0.29, 0.717) is 5.92 Å². The van der Waals surface area contributed by atoms with Gasteiger partial charge in [-0.15, -0.1) is 0 Å². The smallest absolute Gasteiger partial charge is 0.0458 e. The van der Waals surface area contributed by atoms with Crippen molar-refractivity contribution in [2.45, 2.75) is 47.0 Å². The van der Waals surface area contributed by atoms with Crippen molar-refractivity contribution in [1.82, 2.24) is 0 Å². The van der Waals surface area contributed by atoms with Crippen molar-refractivity contribution in [3.05, 3.63) is 83.1 Å². The van der Waals surface area contributed by atoms with E-state index in [1.54, 1.807) is 5.57 Å². The average Bonchev–Trinajstić information content (AvgIpc) is 2.65. The van der Waals surface area contributed by atoms with Crippen molar-refractivity contribution >= 4 is 11.4 Å². The lowest BCUT2D eigenvalue weighted by atomic mass is 9.90. The first kappa shape index (κ1) is 17.5. The largest absolute Gasteiger partial charge is 0.314 e. The van der Waals surface area contributed by atoms with Gasteiger partial charge in [0.05, 0.1) is 0 Å². The first-order valence-electron chi connectivity index (χ1n) is 9.41. The van der Waals surface area contributed by atoms with Gasteiger partial charge in [0.25, 0.3) is 0 Å². The molecular weight excluding hydrogens is 302 g/mol. The minimum absolute atomic E-state index is 0.685. The molecule has 1 aliphatic carbocycles. The van der Waals surface area contributed by atoms with Gasteiger partial charge in [-0.3, -0.25) is 0 Å². The second-order valence-electron chi connectivity index (χ2n) is 7.22. The Bertz CT molecular complexity index is 717. The van der Waals surface area contributed by atoms with Crippen molar-refractivity contribution < 1.29 is 0 Å². The van der Waals surface area contributed by atoms with Crippen molar-refractivity contribution in [3.8, 4) is 0 Å². The summed E-state index contributed by atoms with van der Waals surface area (Å²) in [7, 11) is 0. The molecule has 2 aromatic rings. The number of anilines is 2. The first-order chi connectivity index (χ1) is 12.1. The summed E-state index contributed by atoms with van der Waals surface area (Å²) >= 11 is 0. The number of aryl methyl sites for hydroxylation is 2. The predicted octanol–water partition coefficient (Wildman–Crippen LogP) is 7.09. The van der Waals surface area contributed by atoms with Crippen LogP contribution in [0, 0.1) is 19.8 Å². The second kappa shape index (κ2) is 7.74. The molecule has 0 fully saturated rings. The molecule has 3 rings (SSSR count). The maximum atomic E-state index is 2.41. The zero-order valence-corrected chi connectivity index (χ0v) is 15.9. The van der Waals surface area contributed by atoms with Crippen LogP contribution in [0.4, 0.5) is 11.4 Å². The number of hydrogen-bond acceptors (Lipinski definition) is 1. The van der Waals surface area contributed by atoms with Crippen LogP contribution in [0.2, 0.25) is 0 Å². The van der Waals surface area contributed by atoms with Crippen molar-refractivity contribution in [2.75, 3.05) is 4.90 Å². The fourth-order valence-corrected chi connectivity index (χ4v) is 3.37. The molecule has 2 aromatic carbocycles. The molecule has 25 heavy (non-hydrogen) atoms. The van der Waals surface area contributed by atoms with Gasteiger partial charge < -0.3 is 4.90 Å². The Labute approximate surface area is 152 Å². The molecule has 130 valence electrons. The van der Waals surface area contributed by atoms with Crippen LogP contribution in [0.15, 0.2) is 72.0 Å². The molecule has 0 spiro atoms. The number of allylic oxidation sites excluding steroid dienone is 4. The Morgan fingerprint density at radius 3 is 1.72 bits per heavy atom. The van der Waals surface area contributed by atoms with E-state index in [1.807, 2.05) is 0 Å². The fourth-order valence-electron chi connectivity index (χ4n) is 3.37. The zero-order chi connectivity index (χ0) is 17.8. The molecule has 0 N–H and O–H groups in total. The molecule has 0 amide bonds. The normalized spacial score (nSPS) is 15.4. The molecule has 0 saturated heterocycles. The van der Waals surface area contributed by atoms with E-state index < -0.39 is 0 Å². The van der Waals surface area contributed by atoms with Crippen LogP contribution in [0.5, 0.6) is 0 Å². The predicted molar refractivity (Wildman–Crippen MR) is 109 cm³/mol. The molecule has 0 aliphatic heterocycles. The summed E-state index contributed by atoms with van der Waals surface area (Å²) in [6.07, 6.45) is 8.15. The van der Waals surface area contributed by atoms with Crippen molar-refractivity contribution in [2.24, 2.45) is 5.92 Å². The highest BCUT2D eigenvalue weighted by Crippen LogP contribution is 2.35. The van der Waals surface area contributed by atoms with E-state index >= 15 is 0 Å². The zero-order valence-electron chi connectivity index (χ0n) is 15.9. The average molecular weight is 332 g/mol. The van der Waals surface area contributed by atoms with Gasteiger partial charge in [0.1, 0.15) is 0 Å². The molecule has 0 heterocycles. The van der Waals surface area contributed by atoms with E-state index in [9.17, 15) is 0 Å². The van der Waals surface area contributed by atoms with E-state index in [-0.39, 0.29) is 0 Å². The quantitative estimate of drug-likeness (QED) is 0.565. The topological polar surface area (TPSA) is 3.24 Å². The molecule has 0 aromatic heterocycles. The molecule has 1 nitrogen and oxygen atoms in total. The van der Waals surface area contributed by atoms with Crippen LogP contribution in [0.3, 0.4) is 0 Å². The lowest BCUT2D eigenvalue weighted by Gasteiger charge is -2.30. The number of hydrogen-bond donors (Lipinski definition) is 0. The summed E-state index contributed by atoms with van der Waals surface area (Å²) in [5.41, 5.74) is 8.02. The van der Waals surface area contributed by atoms with Crippen LogP contribution in [0.1, 0.15) is 44.2 Å². The van der Waals surface area contributed by atoms with E-state index in [0.717, 1.165) is 12.8 Å². The van der Waals surface area contributed by atoms with Gasteiger partial charge in [-0.05, 0) is 69.4 Å². The molecule has 1 unspecified atom stereocenters.